The third kappa shape index (κ3) is 3.87. The summed E-state index contributed by atoms with van der Waals surface area (Å²) < 4.78 is 7.01. The molecule has 0 atom stereocenters. The maximum atomic E-state index is 5.08. The lowest BCUT2D eigenvalue weighted by molar-refractivity contribution is 0.207. The van der Waals surface area contributed by atoms with Crippen molar-refractivity contribution >= 4 is 40.2 Å². The van der Waals surface area contributed by atoms with Crippen LogP contribution in [-0.2, 0) is 4.74 Å². The monoisotopic (exact) mass is 363 g/mol. The minimum absolute atomic E-state index is 0.611. The molecule has 3 rings (SSSR count). The van der Waals surface area contributed by atoms with E-state index in [0.29, 0.717) is 13.2 Å². The van der Waals surface area contributed by atoms with Crippen LogP contribution in [0.4, 0.5) is 0 Å². The summed E-state index contributed by atoms with van der Waals surface area (Å²) in [6.07, 6.45) is 1.92. The molecule has 0 fully saturated rings. The van der Waals surface area contributed by atoms with Gasteiger partial charge in [-0.3, -0.25) is 4.99 Å². The topological polar surface area (TPSA) is 38.9 Å². The minimum atomic E-state index is 0.611. The van der Waals surface area contributed by atoms with Crippen LogP contribution in [-0.4, -0.2) is 31.2 Å². The van der Waals surface area contributed by atoms with Crippen molar-refractivity contribution in [3.63, 3.8) is 0 Å². The Bertz CT molecular complexity index is 840. The fraction of sp³-hybridized carbons (Fsp3) is 0.250. The van der Waals surface area contributed by atoms with E-state index in [1.165, 1.54) is 15.3 Å². The van der Waals surface area contributed by atoms with Crippen molar-refractivity contribution in [2.24, 2.45) is 10.1 Å². The number of hydrogen-bond donors (Lipinski definition) is 0. The van der Waals surface area contributed by atoms with E-state index in [9.17, 15) is 0 Å². The van der Waals surface area contributed by atoms with Crippen molar-refractivity contribution in [2.75, 3.05) is 20.3 Å². The Balaban J connectivity index is 2.01. The molecular formula is C16H17N3OS3. The molecule has 0 saturated heterocycles. The predicted octanol–water partition coefficient (Wildman–Crippen LogP) is 4.08. The Labute approximate surface area is 147 Å². The van der Waals surface area contributed by atoms with Gasteiger partial charge in [0.05, 0.1) is 34.8 Å². The van der Waals surface area contributed by atoms with E-state index in [1.807, 2.05) is 10.9 Å². The van der Waals surface area contributed by atoms with Crippen LogP contribution in [0.1, 0.15) is 10.4 Å². The Morgan fingerprint density at radius 3 is 2.83 bits per heavy atom. The highest BCUT2D eigenvalue weighted by Crippen LogP contribution is 2.25. The lowest BCUT2D eigenvalue weighted by Gasteiger charge is -2.01. The van der Waals surface area contributed by atoms with Crippen molar-refractivity contribution in [3.05, 3.63) is 49.6 Å². The fourth-order valence-corrected chi connectivity index (χ4v) is 4.41. The number of methoxy groups -OCH3 is 1. The predicted molar refractivity (Wildman–Crippen MR) is 100.0 cm³/mol. The summed E-state index contributed by atoms with van der Waals surface area (Å²) in [7, 11) is 1.69. The highest BCUT2D eigenvalue weighted by molar-refractivity contribution is 7.14. The Morgan fingerprint density at radius 1 is 1.22 bits per heavy atom. The van der Waals surface area contributed by atoms with Crippen LogP contribution in [0.2, 0.25) is 0 Å². The van der Waals surface area contributed by atoms with Gasteiger partial charge in [-0.05, 0) is 35.4 Å². The van der Waals surface area contributed by atoms with Crippen LogP contribution in [0, 0.1) is 6.92 Å². The third-order valence-corrected chi connectivity index (χ3v) is 5.89. The average molecular weight is 364 g/mol. The first-order valence-electron chi connectivity index (χ1n) is 7.12. The summed E-state index contributed by atoms with van der Waals surface area (Å²) >= 11 is 5.00. The molecule has 7 heteroatoms. The van der Waals surface area contributed by atoms with Gasteiger partial charge >= 0.3 is 0 Å². The minimum Gasteiger partial charge on any atom is -0.383 e. The Kier molecular flexibility index (Phi) is 5.56. The second-order valence-corrected chi connectivity index (χ2v) is 7.51. The summed E-state index contributed by atoms with van der Waals surface area (Å²) in [6, 6.07) is 6.26. The smallest absolute Gasteiger partial charge is 0.206 e. The van der Waals surface area contributed by atoms with Gasteiger partial charge in [0.1, 0.15) is 0 Å². The maximum absolute atomic E-state index is 5.08. The SMILES string of the molecule is COCCN=c1scc(-c2cccs2)n1/N=C\c1sccc1C. The van der Waals surface area contributed by atoms with E-state index in [0.717, 1.165) is 10.5 Å². The second kappa shape index (κ2) is 7.83. The van der Waals surface area contributed by atoms with E-state index < -0.39 is 0 Å². The first kappa shape index (κ1) is 16.3. The van der Waals surface area contributed by atoms with Crippen molar-refractivity contribution in [2.45, 2.75) is 6.92 Å². The number of hydrogen-bond acceptors (Lipinski definition) is 6. The summed E-state index contributed by atoms with van der Waals surface area (Å²) in [5.74, 6) is 0. The molecule has 0 aliphatic rings. The van der Waals surface area contributed by atoms with E-state index in [-0.39, 0.29) is 0 Å². The molecule has 3 heterocycles. The molecular weight excluding hydrogens is 346 g/mol. The number of ether oxygens (including phenoxy) is 1. The molecule has 3 aromatic heterocycles. The molecule has 0 radical (unpaired) electrons. The average Bonchev–Trinajstić information content (AvgIpc) is 3.26. The molecule has 4 nitrogen and oxygen atoms in total. The number of thiazole rings is 1. The largest absolute Gasteiger partial charge is 0.383 e. The van der Waals surface area contributed by atoms with Crippen molar-refractivity contribution < 1.29 is 4.74 Å². The number of aromatic nitrogens is 1. The van der Waals surface area contributed by atoms with Crippen LogP contribution in [0.3, 0.4) is 0 Å². The molecule has 0 aliphatic carbocycles. The van der Waals surface area contributed by atoms with Crippen molar-refractivity contribution in [1.29, 1.82) is 0 Å². The van der Waals surface area contributed by atoms with E-state index in [1.54, 1.807) is 41.1 Å². The van der Waals surface area contributed by atoms with Crippen molar-refractivity contribution in [3.8, 4) is 10.6 Å². The van der Waals surface area contributed by atoms with Gasteiger partial charge in [0, 0.05) is 12.5 Å². The molecule has 0 amide bonds. The molecule has 23 heavy (non-hydrogen) atoms. The first-order chi connectivity index (χ1) is 11.3. The number of thiophene rings is 2. The summed E-state index contributed by atoms with van der Waals surface area (Å²) in [5.41, 5.74) is 2.32. The summed E-state index contributed by atoms with van der Waals surface area (Å²) in [5, 5.41) is 11.0. The van der Waals surface area contributed by atoms with Crippen LogP contribution in [0.15, 0.2) is 44.4 Å². The van der Waals surface area contributed by atoms with Crippen LogP contribution >= 0.6 is 34.0 Å². The zero-order valence-electron chi connectivity index (χ0n) is 12.9. The zero-order chi connectivity index (χ0) is 16.1. The number of aryl methyl sites for hydroxylation is 1. The van der Waals surface area contributed by atoms with E-state index in [2.05, 4.69) is 51.4 Å². The molecule has 0 saturated carbocycles. The molecule has 3 aromatic rings. The third-order valence-electron chi connectivity index (χ3n) is 3.19. The maximum Gasteiger partial charge on any atom is 0.206 e. The van der Waals surface area contributed by atoms with Gasteiger partial charge in [-0.15, -0.1) is 34.0 Å². The van der Waals surface area contributed by atoms with Gasteiger partial charge in [0.25, 0.3) is 0 Å². The first-order valence-corrected chi connectivity index (χ1v) is 9.76. The standard InChI is InChI=1S/C16H17N3OS3/c1-12-5-9-22-15(12)10-18-19-13(14-4-3-8-21-14)11-23-16(19)17-6-7-20-2/h3-5,8-11H,6-7H2,1-2H3/b17-16?,18-10-. The Hall–Kier alpha value is -1.54. The molecule has 0 aromatic carbocycles. The fourth-order valence-electron chi connectivity index (χ4n) is 1.97. The van der Waals surface area contributed by atoms with Crippen LogP contribution in [0.5, 0.6) is 0 Å². The summed E-state index contributed by atoms with van der Waals surface area (Å²) in [4.78, 5) is 7.84. The van der Waals surface area contributed by atoms with Gasteiger partial charge in [-0.2, -0.15) is 5.10 Å². The summed E-state index contributed by atoms with van der Waals surface area (Å²) in [6.45, 7) is 3.34. The molecule has 0 unspecified atom stereocenters. The van der Waals surface area contributed by atoms with E-state index in [4.69, 9.17) is 4.74 Å². The van der Waals surface area contributed by atoms with Crippen LogP contribution < -0.4 is 4.80 Å². The normalized spacial score (nSPS) is 12.5. The van der Waals surface area contributed by atoms with Gasteiger partial charge < -0.3 is 4.74 Å². The zero-order valence-corrected chi connectivity index (χ0v) is 15.4. The van der Waals surface area contributed by atoms with Gasteiger partial charge in [0.15, 0.2) is 0 Å². The lowest BCUT2D eigenvalue weighted by Crippen LogP contribution is -2.13. The molecule has 0 bridgehead atoms. The molecule has 120 valence electrons. The molecule has 0 spiro atoms. The van der Waals surface area contributed by atoms with Gasteiger partial charge in [0.2, 0.25) is 4.80 Å². The van der Waals surface area contributed by atoms with Crippen molar-refractivity contribution in [1.82, 2.24) is 4.68 Å². The van der Waals surface area contributed by atoms with E-state index >= 15 is 0 Å². The number of rotatable bonds is 6. The number of nitrogens with zero attached hydrogens (tertiary/aromatic N) is 3. The van der Waals surface area contributed by atoms with Crippen LogP contribution in [0.25, 0.3) is 10.6 Å². The quantitative estimate of drug-likeness (QED) is 0.480. The van der Waals surface area contributed by atoms with Gasteiger partial charge in [-0.1, -0.05) is 6.07 Å². The highest BCUT2D eigenvalue weighted by Gasteiger charge is 2.08. The highest BCUT2D eigenvalue weighted by atomic mass is 32.1. The Morgan fingerprint density at radius 2 is 2.13 bits per heavy atom. The molecule has 0 aliphatic heterocycles. The molecule has 0 N–H and O–H groups in total. The van der Waals surface area contributed by atoms with Gasteiger partial charge in [-0.25, -0.2) is 4.68 Å². The second-order valence-electron chi connectivity index (χ2n) is 4.78. The lowest BCUT2D eigenvalue weighted by atomic mass is 10.3.